The lowest BCUT2D eigenvalue weighted by atomic mass is 9.84. The summed E-state index contributed by atoms with van der Waals surface area (Å²) in [4.78, 5) is 28.6. The van der Waals surface area contributed by atoms with Gasteiger partial charge in [0.05, 0.1) is 12.5 Å². The van der Waals surface area contributed by atoms with Gasteiger partial charge in [-0.3, -0.25) is 4.79 Å². The number of ketones is 1. The lowest BCUT2D eigenvalue weighted by Gasteiger charge is -2.19. The topological polar surface area (TPSA) is 72.3 Å². The number of aromatic amines is 1. The van der Waals surface area contributed by atoms with E-state index in [1.54, 1.807) is 6.07 Å². The smallest absolute Gasteiger partial charge is 0.373 e. The van der Waals surface area contributed by atoms with E-state index in [0.29, 0.717) is 11.5 Å². The second kappa shape index (κ2) is 10.2. The van der Waals surface area contributed by atoms with Crippen LogP contribution in [-0.4, -0.2) is 23.8 Å². The third-order valence-electron chi connectivity index (χ3n) is 6.62. The zero-order chi connectivity index (χ0) is 22.5. The van der Waals surface area contributed by atoms with Gasteiger partial charge in [0.15, 0.2) is 5.76 Å². The number of H-pyrrole nitrogens is 1. The van der Waals surface area contributed by atoms with E-state index in [9.17, 15) is 9.59 Å². The zero-order valence-electron chi connectivity index (χ0n) is 19.2. The summed E-state index contributed by atoms with van der Waals surface area (Å²) in [6, 6.07) is 3.04. The lowest BCUT2D eigenvalue weighted by molar-refractivity contribution is 0.0563. The van der Waals surface area contributed by atoms with E-state index in [1.807, 2.05) is 6.08 Å². The first-order valence-electron chi connectivity index (χ1n) is 12.0. The number of carbonyl (C=O) groups is 2. The number of aromatic nitrogens is 1. The fraction of sp³-hybridized carbons (Fsp3) is 0.481. The first kappa shape index (κ1) is 22.4. The molecule has 4 rings (SSSR count). The number of unbranched alkanes of at least 4 members (excludes halogenated alkanes) is 5. The first-order valence-corrected chi connectivity index (χ1v) is 12.0. The summed E-state index contributed by atoms with van der Waals surface area (Å²) < 4.78 is 10.2. The maximum atomic E-state index is 13.3. The van der Waals surface area contributed by atoms with E-state index in [2.05, 4.69) is 24.1 Å². The van der Waals surface area contributed by atoms with Gasteiger partial charge < -0.3 is 14.1 Å². The highest BCUT2D eigenvalue weighted by molar-refractivity contribution is 6.26. The van der Waals surface area contributed by atoms with E-state index in [-0.39, 0.29) is 17.3 Å². The van der Waals surface area contributed by atoms with Gasteiger partial charge in [-0.1, -0.05) is 63.7 Å². The number of hydrogen-bond donors (Lipinski definition) is 1. The Bertz CT molecular complexity index is 1130. The third-order valence-corrected chi connectivity index (χ3v) is 6.62. The Morgan fingerprint density at radius 1 is 1.12 bits per heavy atom. The van der Waals surface area contributed by atoms with Gasteiger partial charge in [0.1, 0.15) is 0 Å². The second-order valence-electron chi connectivity index (χ2n) is 8.82. The molecule has 0 spiro atoms. The molecule has 0 fully saturated rings. The molecule has 2 aliphatic rings. The number of ether oxygens (including phenoxy) is 1. The Hall–Kier alpha value is -2.82. The van der Waals surface area contributed by atoms with E-state index in [0.717, 1.165) is 36.4 Å². The van der Waals surface area contributed by atoms with Crippen molar-refractivity contribution in [2.45, 2.75) is 77.0 Å². The minimum absolute atomic E-state index is 0.0384. The summed E-state index contributed by atoms with van der Waals surface area (Å²) in [7, 11) is 1.29. The number of hydrogen-bond acceptors (Lipinski definition) is 4. The molecule has 1 unspecified atom stereocenters. The quantitative estimate of drug-likeness (QED) is 0.326. The lowest BCUT2D eigenvalue weighted by Crippen LogP contribution is -2.23. The predicted octanol–water partition coefficient (Wildman–Crippen LogP) is 4.95. The number of esters is 1. The molecule has 0 saturated carbocycles. The molecule has 0 bridgehead atoms. The first-order chi connectivity index (χ1) is 15.6. The second-order valence-corrected chi connectivity index (χ2v) is 8.82. The number of nitrogens with one attached hydrogen (secondary N) is 1. The summed E-state index contributed by atoms with van der Waals surface area (Å²) in [5.41, 5.74) is 3.26. The Kier molecular flexibility index (Phi) is 7.13. The molecule has 5 nitrogen and oxygen atoms in total. The van der Waals surface area contributed by atoms with Crippen LogP contribution in [0.2, 0.25) is 0 Å². The summed E-state index contributed by atoms with van der Waals surface area (Å²) >= 11 is 0. The highest BCUT2D eigenvalue weighted by Gasteiger charge is 2.27. The SMILES string of the molecule is CCCCCCCCC1C=CC(C(=O)c2ccc(C(=O)OC)o2)=c2[nH]c3c(c21)CCCC=3. The van der Waals surface area contributed by atoms with Crippen LogP contribution in [-0.2, 0) is 11.2 Å². The van der Waals surface area contributed by atoms with Gasteiger partial charge in [-0.05, 0) is 48.9 Å². The van der Waals surface area contributed by atoms with Gasteiger partial charge in [-0.25, -0.2) is 4.79 Å². The maximum absolute atomic E-state index is 13.3. The van der Waals surface area contributed by atoms with Crippen LogP contribution in [0.5, 0.6) is 0 Å². The van der Waals surface area contributed by atoms with Gasteiger partial charge in [0, 0.05) is 16.8 Å². The maximum Gasteiger partial charge on any atom is 0.373 e. The van der Waals surface area contributed by atoms with Crippen molar-refractivity contribution < 1.29 is 18.7 Å². The Labute approximate surface area is 189 Å². The molecule has 0 saturated heterocycles. The van der Waals surface area contributed by atoms with Crippen molar-refractivity contribution in [3.8, 4) is 0 Å². The average molecular weight is 436 g/mol. The van der Waals surface area contributed by atoms with Crippen molar-refractivity contribution >= 4 is 23.4 Å². The van der Waals surface area contributed by atoms with Crippen molar-refractivity contribution in [2.24, 2.45) is 0 Å². The molecule has 0 amide bonds. The van der Waals surface area contributed by atoms with Crippen LogP contribution in [0.4, 0.5) is 0 Å². The molecule has 5 heteroatoms. The Morgan fingerprint density at radius 2 is 1.91 bits per heavy atom. The van der Waals surface area contributed by atoms with Gasteiger partial charge >= 0.3 is 5.97 Å². The minimum Gasteiger partial charge on any atom is -0.463 e. The van der Waals surface area contributed by atoms with Crippen LogP contribution in [0.25, 0.3) is 11.6 Å². The summed E-state index contributed by atoms with van der Waals surface area (Å²) in [5, 5.41) is 2.09. The molecule has 2 heterocycles. The number of carbonyl (C=O) groups excluding carboxylic acids is 2. The number of allylic oxidation sites excluding steroid dienone is 2. The normalized spacial score (nSPS) is 16.9. The molecular formula is C27H33NO4. The summed E-state index contributed by atoms with van der Waals surface area (Å²) in [5.74, 6) is -0.271. The van der Waals surface area contributed by atoms with Crippen LogP contribution in [0.15, 0.2) is 28.7 Å². The Morgan fingerprint density at radius 3 is 2.72 bits per heavy atom. The van der Waals surface area contributed by atoms with Gasteiger partial charge in [-0.15, -0.1) is 0 Å². The van der Waals surface area contributed by atoms with Gasteiger partial charge in [-0.2, -0.15) is 0 Å². The fourth-order valence-corrected chi connectivity index (χ4v) is 4.93. The minimum atomic E-state index is -0.585. The van der Waals surface area contributed by atoms with Gasteiger partial charge in [0.2, 0.25) is 11.5 Å². The predicted molar refractivity (Wildman–Crippen MR) is 125 cm³/mol. The fourth-order valence-electron chi connectivity index (χ4n) is 4.93. The van der Waals surface area contributed by atoms with E-state index in [4.69, 9.17) is 9.15 Å². The molecular weight excluding hydrogens is 402 g/mol. The molecule has 2 aliphatic carbocycles. The number of rotatable bonds is 10. The van der Waals surface area contributed by atoms with Crippen molar-refractivity contribution in [2.75, 3.05) is 7.11 Å². The standard InChI is InChI=1S/C27H33NO4/c1-3-4-5-6-7-8-11-18-14-15-20(25-24(18)19-12-9-10-13-21(19)28-25)26(29)22-16-17-23(32-22)27(30)31-2/h13-18,28H,3-12H2,1-2H3. The van der Waals surface area contributed by atoms with Crippen LogP contribution in [0, 0.1) is 0 Å². The van der Waals surface area contributed by atoms with Crippen molar-refractivity contribution in [3.63, 3.8) is 0 Å². The number of methoxy groups -OCH3 is 1. The van der Waals surface area contributed by atoms with Crippen LogP contribution in [0.3, 0.4) is 0 Å². The average Bonchev–Trinajstić information content (AvgIpc) is 3.46. The van der Waals surface area contributed by atoms with Crippen LogP contribution in [0.1, 0.15) is 103 Å². The summed E-state index contributed by atoms with van der Waals surface area (Å²) in [6.45, 7) is 2.24. The molecule has 0 aromatic carbocycles. The van der Waals surface area contributed by atoms with E-state index >= 15 is 0 Å². The molecule has 1 atom stereocenters. The van der Waals surface area contributed by atoms with Crippen molar-refractivity contribution in [1.29, 1.82) is 0 Å². The monoisotopic (exact) mass is 435 g/mol. The molecule has 2 aromatic rings. The molecule has 0 aliphatic heterocycles. The number of fused-ring (bicyclic) bond motifs is 3. The number of Topliss-reactive ketones (excluding diaryl/α,β-unsaturated/α-hetero) is 1. The van der Waals surface area contributed by atoms with Gasteiger partial charge in [0.25, 0.3) is 0 Å². The zero-order valence-corrected chi connectivity index (χ0v) is 19.2. The summed E-state index contributed by atoms with van der Waals surface area (Å²) in [6.07, 6.45) is 18.4. The number of furan rings is 1. The van der Waals surface area contributed by atoms with Crippen LogP contribution < -0.4 is 10.7 Å². The molecule has 1 N–H and O–H groups in total. The molecule has 170 valence electrons. The molecule has 32 heavy (non-hydrogen) atoms. The van der Waals surface area contributed by atoms with Crippen molar-refractivity contribution in [3.05, 3.63) is 57.6 Å². The largest absolute Gasteiger partial charge is 0.463 e. The molecule has 0 radical (unpaired) electrons. The highest BCUT2D eigenvalue weighted by atomic mass is 16.5. The third kappa shape index (κ3) is 4.52. The Balaban J connectivity index is 1.63. The van der Waals surface area contributed by atoms with Crippen molar-refractivity contribution in [1.82, 2.24) is 4.98 Å². The van der Waals surface area contributed by atoms with Crippen LogP contribution >= 0.6 is 0 Å². The molecule has 2 aromatic heterocycles. The highest BCUT2D eigenvalue weighted by Crippen LogP contribution is 2.30. The van der Waals surface area contributed by atoms with E-state index in [1.165, 1.54) is 62.8 Å². The van der Waals surface area contributed by atoms with E-state index < -0.39 is 5.97 Å².